The van der Waals surface area contributed by atoms with Crippen molar-refractivity contribution in [3.63, 3.8) is 0 Å². The van der Waals surface area contributed by atoms with E-state index in [2.05, 4.69) is 26.7 Å². The molecule has 1 fully saturated rings. The van der Waals surface area contributed by atoms with Crippen LogP contribution in [0.25, 0.3) is 0 Å². The molecule has 0 bridgehead atoms. The maximum absolute atomic E-state index is 10.5. The summed E-state index contributed by atoms with van der Waals surface area (Å²) in [5.41, 5.74) is 0.192. The zero-order chi connectivity index (χ0) is 13.6. The summed E-state index contributed by atoms with van der Waals surface area (Å²) >= 11 is 4.33. The largest absolute Gasteiger partial charge is 0.737 e. The predicted octanol–water partition coefficient (Wildman–Crippen LogP) is 2.33. The van der Waals surface area contributed by atoms with Crippen molar-refractivity contribution in [3.8, 4) is 5.75 Å². The molecule has 1 heterocycles. The monoisotopic (exact) mass is 267 g/mol. The molecule has 0 amide bonds. The highest BCUT2D eigenvalue weighted by Gasteiger charge is 2.17. The first-order valence-corrected chi connectivity index (χ1v) is 6.64. The van der Waals surface area contributed by atoms with Gasteiger partial charge < -0.3 is 27.0 Å². The van der Waals surface area contributed by atoms with Gasteiger partial charge in [0.05, 0.1) is 27.2 Å². The predicted molar refractivity (Wildman–Crippen MR) is 75.5 cm³/mol. The summed E-state index contributed by atoms with van der Waals surface area (Å²) in [7, 11) is 4.64. The number of rotatable bonds is 1. The van der Waals surface area contributed by atoms with Gasteiger partial charge in [-0.2, -0.15) is 0 Å². The second kappa shape index (κ2) is 6.71. The van der Waals surface area contributed by atoms with Crippen molar-refractivity contribution < 1.29 is 14.4 Å². The highest BCUT2D eigenvalue weighted by atomic mass is 32.1. The Hall–Kier alpha value is -1.13. The molecule has 1 aliphatic rings. The van der Waals surface area contributed by atoms with E-state index in [1.165, 1.54) is 49.0 Å². The molecule has 2 rings (SSSR count). The van der Waals surface area contributed by atoms with E-state index >= 15 is 0 Å². The summed E-state index contributed by atoms with van der Waals surface area (Å²) in [6.07, 6.45) is 4.34. The molecule has 3 nitrogen and oxygen atoms in total. The summed E-state index contributed by atoms with van der Waals surface area (Å²) in [5, 5.41) is 8.46. The molecule has 1 saturated heterocycles. The first-order valence-electron chi connectivity index (χ1n) is 6.24. The van der Waals surface area contributed by atoms with Crippen molar-refractivity contribution >= 4 is 17.7 Å². The zero-order valence-corrected chi connectivity index (χ0v) is 11.9. The van der Waals surface area contributed by atoms with Crippen LogP contribution >= 0.6 is 0 Å². The molecule has 100 valence electrons. The maximum atomic E-state index is 10.5. The van der Waals surface area contributed by atoms with Crippen LogP contribution in [0, 0.1) is 0 Å². The first kappa shape index (κ1) is 14.9. The highest BCUT2D eigenvalue weighted by molar-refractivity contribution is 7.77. The van der Waals surface area contributed by atoms with Crippen LogP contribution in [0.2, 0.25) is 0 Å². The van der Waals surface area contributed by atoms with E-state index < -0.39 is 5.12 Å². The first-order chi connectivity index (χ1) is 8.42. The number of benzene rings is 1. The van der Waals surface area contributed by atoms with Crippen LogP contribution in [-0.2, 0) is 12.6 Å². The van der Waals surface area contributed by atoms with Crippen LogP contribution in [-0.4, -0.2) is 41.9 Å². The number of phenols is 1. The molecule has 1 N–H and O–H groups in total. The number of hydrogen-bond donors (Lipinski definition) is 1. The molecular formula is C14H21NO2S. The van der Waals surface area contributed by atoms with Crippen LogP contribution in [0.15, 0.2) is 24.3 Å². The summed E-state index contributed by atoms with van der Waals surface area (Å²) in [4.78, 5) is 10.5. The second-order valence-electron chi connectivity index (χ2n) is 5.25. The lowest BCUT2D eigenvalue weighted by Gasteiger charge is -2.33. The van der Waals surface area contributed by atoms with Crippen LogP contribution in [0.5, 0.6) is 5.75 Å². The molecule has 18 heavy (non-hydrogen) atoms. The lowest BCUT2D eigenvalue weighted by atomic mass is 10.1. The number of carbonyl (C=O) groups is 1. The van der Waals surface area contributed by atoms with Gasteiger partial charge in [0, 0.05) is 10.7 Å². The average Bonchev–Trinajstić information content (AvgIpc) is 2.29. The van der Waals surface area contributed by atoms with Gasteiger partial charge in [-0.15, -0.1) is 0 Å². The Morgan fingerprint density at radius 3 is 2.06 bits per heavy atom. The summed E-state index contributed by atoms with van der Waals surface area (Å²) in [6.45, 7) is 2.78. The third-order valence-corrected chi connectivity index (χ3v) is 3.37. The van der Waals surface area contributed by atoms with E-state index in [-0.39, 0.29) is 11.3 Å². The van der Waals surface area contributed by atoms with Crippen molar-refractivity contribution in [1.29, 1.82) is 0 Å². The lowest BCUT2D eigenvalue weighted by Crippen LogP contribution is -2.43. The molecule has 1 aromatic rings. The van der Waals surface area contributed by atoms with Crippen molar-refractivity contribution in [2.45, 2.75) is 19.3 Å². The Labute approximate surface area is 114 Å². The molecule has 0 aromatic heterocycles. The van der Waals surface area contributed by atoms with E-state index in [0.717, 1.165) is 0 Å². The van der Waals surface area contributed by atoms with Gasteiger partial charge in [-0.05, 0) is 31.4 Å². The third-order valence-electron chi connectivity index (χ3n) is 3.15. The fourth-order valence-corrected chi connectivity index (χ4v) is 2.19. The summed E-state index contributed by atoms with van der Waals surface area (Å²) in [6, 6.07) is 6.21. The minimum absolute atomic E-state index is 0.0532. The van der Waals surface area contributed by atoms with Crippen LogP contribution in [0.4, 0.5) is 0 Å². The number of carbonyl (C=O) groups excluding carboxylic acids is 1. The standard InChI is InChI=1S/C7H16N.C7H6O2S/c1-8(2)6-4-3-5-7-8;8-6-4-2-1-3-5(6)7(9)10/h3-7H2,1-2H3;1-4,8H,(H,9,10)/q+1;/p-1. The number of hydrogen-bond acceptors (Lipinski definition) is 3. The highest BCUT2D eigenvalue weighted by Crippen LogP contribution is 2.14. The van der Waals surface area contributed by atoms with Gasteiger partial charge in [-0.25, -0.2) is 0 Å². The van der Waals surface area contributed by atoms with Crippen LogP contribution in [0.1, 0.15) is 29.6 Å². The van der Waals surface area contributed by atoms with Gasteiger partial charge >= 0.3 is 0 Å². The number of para-hydroxylation sites is 1. The SMILES string of the molecule is C[N+]1(C)CCCCC1.O=C([S-])c1ccccc1O. The van der Waals surface area contributed by atoms with Gasteiger partial charge in [0.1, 0.15) is 5.75 Å². The molecule has 4 heteroatoms. The topological polar surface area (TPSA) is 37.3 Å². The van der Waals surface area contributed by atoms with Gasteiger partial charge in [-0.1, -0.05) is 12.1 Å². The smallest absolute Gasteiger partial charge is 0.124 e. The molecule has 1 aromatic carbocycles. The molecule has 0 spiro atoms. The Morgan fingerprint density at radius 1 is 1.17 bits per heavy atom. The van der Waals surface area contributed by atoms with Crippen molar-refractivity contribution in [2.75, 3.05) is 27.2 Å². The molecular weight excluding hydrogens is 246 g/mol. The fourth-order valence-electron chi connectivity index (χ4n) is 2.01. The Morgan fingerprint density at radius 2 is 1.72 bits per heavy atom. The molecule has 1 aliphatic heterocycles. The lowest BCUT2D eigenvalue weighted by molar-refractivity contribution is -0.894. The van der Waals surface area contributed by atoms with Gasteiger partial charge in [0.2, 0.25) is 0 Å². The molecule has 0 saturated carbocycles. The van der Waals surface area contributed by atoms with E-state index in [4.69, 9.17) is 5.11 Å². The van der Waals surface area contributed by atoms with E-state index in [1.807, 2.05) is 0 Å². The molecule has 0 radical (unpaired) electrons. The van der Waals surface area contributed by atoms with Gasteiger partial charge in [0.15, 0.2) is 0 Å². The van der Waals surface area contributed by atoms with E-state index in [9.17, 15) is 4.79 Å². The second-order valence-corrected chi connectivity index (χ2v) is 5.62. The summed E-state index contributed by atoms with van der Waals surface area (Å²) < 4.78 is 1.25. The van der Waals surface area contributed by atoms with Crippen molar-refractivity contribution in [1.82, 2.24) is 0 Å². The van der Waals surface area contributed by atoms with Crippen LogP contribution < -0.4 is 0 Å². The molecule has 0 unspecified atom stereocenters. The van der Waals surface area contributed by atoms with Crippen molar-refractivity contribution in [2.24, 2.45) is 0 Å². The fraction of sp³-hybridized carbons (Fsp3) is 0.500. The minimum atomic E-state index is -0.530. The van der Waals surface area contributed by atoms with Gasteiger partial charge in [-0.3, -0.25) is 0 Å². The Balaban J connectivity index is 0.000000184. The quantitative estimate of drug-likeness (QED) is 0.627. The Kier molecular flexibility index (Phi) is 5.56. The average molecular weight is 267 g/mol. The van der Waals surface area contributed by atoms with Crippen LogP contribution in [0.3, 0.4) is 0 Å². The summed E-state index contributed by atoms with van der Waals surface area (Å²) in [5.74, 6) is -0.0532. The molecule has 0 atom stereocenters. The van der Waals surface area contributed by atoms with Gasteiger partial charge in [0.25, 0.3) is 0 Å². The maximum Gasteiger partial charge on any atom is 0.124 e. The number of likely N-dealkylation sites (tertiary alicyclic amines) is 1. The normalized spacial score (nSPS) is 17.4. The third kappa shape index (κ3) is 5.02. The number of nitrogens with zero attached hydrogens (tertiary/aromatic N) is 1. The van der Waals surface area contributed by atoms with E-state index in [1.54, 1.807) is 12.1 Å². The number of aromatic hydroxyl groups is 1. The number of quaternary nitrogens is 1. The van der Waals surface area contributed by atoms with E-state index in [0.29, 0.717) is 0 Å². The zero-order valence-electron chi connectivity index (χ0n) is 11.1. The minimum Gasteiger partial charge on any atom is -0.737 e. The van der Waals surface area contributed by atoms with Crippen molar-refractivity contribution in [3.05, 3.63) is 29.8 Å². The molecule has 0 aliphatic carbocycles. The number of phenolic OH excluding ortho intramolecular Hbond substituents is 1. The Bertz CT molecular complexity index is 397. The number of piperidine rings is 1.